The molecule has 0 saturated carbocycles. The number of benzene rings is 1. The summed E-state index contributed by atoms with van der Waals surface area (Å²) in [5, 5.41) is 9.53. The van der Waals surface area contributed by atoms with Gasteiger partial charge in [-0.05, 0) is 29.5 Å². The molecule has 0 bridgehead atoms. The van der Waals surface area contributed by atoms with Crippen LogP contribution in [-0.4, -0.2) is 15.9 Å². The normalized spacial score (nSPS) is 10.0. The summed E-state index contributed by atoms with van der Waals surface area (Å²) < 4.78 is 1.26. The van der Waals surface area contributed by atoms with Crippen molar-refractivity contribution >= 4 is 27.2 Å². The fourth-order valence-electron chi connectivity index (χ4n) is 1.82. The van der Waals surface area contributed by atoms with E-state index in [1.165, 1.54) is 30.0 Å². The van der Waals surface area contributed by atoms with Crippen molar-refractivity contribution < 1.29 is 30.0 Å². The molecule has 0 fully saturated rings. The van der Waals surface area contributed by atoms with Crippen LogP contribution in [0.15, 0.2) is 60.5 Å². The molecule has 2 heterocycles. The number of carbonyl (C=O) groups is 1. The average molecular weight is 519 g/mol. The Labute approximate surface area is 160 Å². The van der Waals surface area contributed by atoms with Gasteiger partial charge >= 0.3 is 0 Å². The minimum atomic E-state index is -0.125. The van der Waals surface area contributed by atoms with Crippen molar-refractivity contribution in [1.29, 1.82) is 0 Å². The van der Waals surface area contributed by atoms with Crippen molar-refractivity contribution in [3.8, 4) is 10.6 Å². The first-order chi connectivity index (χ1) is 10.6. The summed E-state index contributed by atoms with van der Waals surface area (Å²) in [6.45, 7) is 2.85. The van der Waals surface area contributed by atoms with Gasteiger partial charge in [-0.15, -0.1) is 23.6 Å². The number of thiophene rings is 1. The van der Waals surface area contributed by atoms with Crippen LogP contribution in [0, 0.1) is 6.07 Å². The molecule has 0 aliphatic heterocycles. The van der Waals surface area contributed by atoms with E-state index in [1.54, 1.807) is 11.3 Å². The molecule has 129 valence electrons. The second-order valence-electron chi connectivity index (χ2n) is 4.66. The number of hydrogen-bond acceptors (Lipinski definition) is 4. The average Bonchev–Trinajstić information content (AvgIpc) is 2.91. The van der Waals surface area contributed by atoms with Gasteiger partial charge in [0.15, 0.2) is 5.78 Å². The molecule has 0 unspecified atom stereocenters. The number of aliphatic hydroxyl groups is 1. The molecule has 3 nitrogen and oxygen atoms in total. The molecular weight excluding hydrogens is 498 g/mol. The van der Waals surface area contributed by atoms with E-state index in [-0.39, 0.29) is 39.1 Å². The number of aliphatic hydroxyl groups excluding tert-OH is 1. The Morgan fingerprint density at radius 2 is 1.83 bits per heavy atom. The van der Waals surface area contributed by atoms with Crippen LogP contribution >= 0.6 is 11.3 Å². The maximum atomic E-state index is 10.0. The topological polar surface area (TPSA) is 50.2 Å². The predicted molar refractivity (Wildman–Crippen MR) is 97.7 cm³/mol. The van der Waals surface area contributed by atoms with Crippen molar-refractivity contribution in [2.24, 2.45) is 0 Å². The molecule has 1 radical (unpaired) electrons. The zero-order chi connectivity index (χ0) is 15.9. The summed E-state index contributed by atoms with van der Waals surface area (Å²) in [5.74, 6) is -0.0625. The van der Waals surface area contributed by atoms with Gasteiger partial charge in [0.05, 0.1) is 5.76 Å². The first-order valence-electron chi connectivity index (χ1n) is 6.76. The van der Waals surface area contributed by atoms with Gasteiger partial charge in [0.1, 0.15) is 0 Å². The molecule has 2 aromatic heterocycles. The molecular formula is C19H20IrNO2S-. The van der Waals surface area contributed by atoms with Gasteiger partial charge < -0.3 is 10.1 Å². The van der Waals surface area contributed by atoms with Crippen LogP contribution in [0.4, 0.5) is 0 Å². The van der Waals surface area contributed by atoms with Gasteiger partial charge in [0.2, 0.25) is 0 Å². The second-order valence-corrected chi connectivity index (χ2v) is 5.72. The van der Waals surface area contributed by atoms with Crippen LogP contribution in [0.5, 0.6) is 0 Å². The third-order valence-corrected chi connectivity index (χ3v) is 3.75. The van der Waals surface area contributed by atoms with Gasteiger partial charge in [0.25, 0.3) is 0 Å². The van der Waals surface area contributed by atoms with E-state index in [4.69, 9.17) is 5.11 Å². The Morgan fingerprint density at radius 3 is 2.33 bits per heavy atom. The van der Waals surface area contributed by atoms with E-state index in [0.717, 1.165) is 10.6 Å². The predicted octanol–water partition coefficient (Wildman–Crippen LogP) is 5.43. The quantitative estimate of drug-likeness (QED) is 0.280. The summed E-state index contributed by atoms with van der Waals surface area (Å²) >= 11 is 1.73. The Bertz CT molecular complexity index is 760. The summed E-state index contributed by atoms with van der Waals surface area (Å²) in [6.07, 6.45) is 2.98. The van der Waals surface area contributed by atoms with Crippen LogP contribution in [-0.2, 0) is 24.9 Å². The fraction of sp³-hybridized carbons (Fsp3) is 0.158. The van der Waals surface area contributed by atoms with E-state index in [0.29, 0.717) is 0 Å². The summed E-state index contributed by atoms with van der Waals surface area (Å²) in [4.78, 5) is 15.4. The molecule has 0 saturated heterocycles. The van der Waals surface area contributed by atoms with Gasteiger partial charge in [0, 0.05) is 38.1 Å². The fourth-order valence-corrected chi connectivity index (χ4v) is 2.81. The summed E-state index contributed by atoms with van der Waals surface area (Å²) in [7, 11) is 0. The Balaban J connectivity index is 0.000000516. The molecule has 0 atom stereocenters. The number of aromatic nitrogens is 1. The first kappa shape index (κ1) is 22.2. The largest absolute Gasteiger partial charge is 0.512 e. The molecule has 3 aromatic rings. The van der Waals surface area contributed by atoms with Gasteiger partial charge in [-0.25, -0.2) is 11.3 Å². The SMILES string of the molecule is C.CC(=O)C=C(C)O.[Ir].[c-]1c(-c2ccccn2)sc2ccccc12. The number of pyridine rings is 1. The molecule has 0 aliphatic carbocycles. The zero-order valence-corrected chi connectivity index (χ0v) is 16.0. The zero-order valence-electron chi connectivity index (χ0n) is 12.7. The third-order valence-electron chi connectivity index (χ3n) is 2.66. The van der Waals surface area contributed by atoms with E-state index in [2.05, 4.69) is 29.2 Å². The van der Waals surface area contributed by atoms with Crippen LogP contribution in [0.1, 0.15) is 21.3 Å². The van der Waals surface area contributed by atoms with Gasteiger partial charge in [-0.2, -0.15) is 0 Å². The van der Waals surface area contributed by atoms with Crippen LogP contribution in [0.2, 0.25) is 0 Å². The van der Waals surface area contributed by atoms with Crippen LogP contribution < -0.4 is 0 Å². The number of rotatable bonds is 2. The van der Waals surface area contributed by atoms with Crippen molar-refractivity contribution in [1.82, 2.24) is 4.98 Å². The van der Waals surface area contributed by atoms with Crippen molar-refractivity contribution in [2.75, 3.05) is 0 Å². The smallest absolute Gasteiger partial charge is 0.155 e. The molecule has 24 heavy (non-hydrogen) atoms. The molecule has 1 N–H and O–H groups in total. The van der Waals surface area contributed by atoms with E-state index in [9.17, 15) is 4.79 Å². The summed E-state index contributed by atoms with van der Waals surface area (Å²) in [6, 6.07) is 17.6. The number of hydrogen-bond donors (Lipinski definition) is 1. The number of ketones is 1. The number of fused-ring (bicyclic) bond motifs is 1. The van der Waals surface area contributed by atoms with Gasteiger partial charge in [-0.1, -0.05) is 31.7 Å². The maximum Gasteiger partial charge on any atom is 0.155 e. The minimum Gasteiger partial charge on any atom is -0.512 e. The molecule has 5 heteroatoms. The van der Waals surface area contributed by atoms with E-state index >= 15 is 0 Å². The maximum absolute atomic E-state index is 10.0. The third kappa shape index (κ3) is 6.75. The van der Waals surface area contributed by atoms with Crippen molar-refractivity contribution in [3.05, 3.63) is 66.6 Å². The van der Waals surface area contributed by atoms with Gasteiger partial charge in [-0.3, -0.25) is 4.79 Å². The molecule has 0 aliphatic rings. The number of nitrogens with zero attached hydrogens (tertiary/aromatic N) is 1. The van der Waals surface area contributed by atoms with Crippen LogP contribution in [0.3, 0.4) is 0 Å². The molecule has 0 spiro atoms. The second kappa shape index (κ2) is 10.9. The standard InChI is InChI=1S/C13H8NS.C5H8O2.CH4.Ir/c1-2-7-12-10(5-1)9-13(15-12)11-6-3-4-8-14-11;1-4(6)3-5(2)7;;/h1-8H;3,6H,1-2H3;1H4;/q-1;;;. The van der Waals surface area contributed by atoms with E-state index in [1.807, 2.05) is 30.5 Å². The number of carbonyl (C=O) groups excluding carboxylic acids is 1. The van der Waals surface area contributed by atoms with Crippen molar-refractivity contribution in [3.63, 3.8) is 0 Å². The molecule has 1 aromatic carbocycles. The van der Waals surface area contributed by atoms with Crippen molar-refractivity contribution in [2.45, 2.75) is 21.3 Å². The Hall–Kier alpha value is -1.81. The Kier molecular flexibility index (Phi) is 10.0. The minimum absolute atomic E-state index is 0. The Morgan fingerprint density at radius 1 is 1.17 bits per heavy atom. The summed E-state index contributed by atoms with van der Waals surface area (Å²) in [5.41, 5.74) is 0.999. The molecule has 3 rings (SSSR count). The first-order valence-corrected chi connectivity index (χ1v) is 7.58. The molecule has 0 amide bonds. The van der Waals surface area contributed by atoms with E-state index < -0.39 is 0 Å². The van der Waals surface area contributed by atoms with Crippen LogP contribution in [0.25, 0.3) is 20.7 Å². The number of allylic oxidation sites excluding steroid dienone is 2. The monoisotopic (exact) mass is 519 g/mol.